The third kappa shape index (κ3) is 5.29. The van der Waals surface area contributed by atoms with Gasteiger partial charge in [0.25, 0.3) is 0 Å². The van der Waals surface area contributed by atoms with Crippen molar-refractivity contribution in [1.82, 2.24) is 0 Å². The standard InChI is InChI=1S/C33H23BrO4S2/c1-19-11-14-23(17-20(19)2)40-31-25-8-4-6-10-29(25)38-33(36)27(31)18-26-30(39-22-15-12-21(34)13-16-22)24-7-3-5-9-28(24)37-32(26)35/h3-17H,18H2,1-2H3. The predicted octanol–water partition coefficient (Wildman–Crippen LogP) is 9.17. The van der Waals surface area contributed by atoms with Gasteiger partial charge in [0.1, 0.15) is 11.2 Å². The minimum atomic E-state index is -0.465. The fourth-order valence-corrected chi connectivity index (χ4v) is 7.04. The highest BCUT2D eigenvalue weighted by molar-refractivity contribution is 9.10. The van der Waals surface area contributed by atoms with E-state index in [1.54, 1.807) is 12.1 Å². The lowest BCUT2D eigenvalue weighted by Gasteiger charge is -2.15. The Kier molecular flexibility index (Phi) is 7.45. The van der Waals surface area contributed by atoms with E-state index in [1.165, 1.54) is 34.7 Å². The quantitative estimate of drug-likeness (QED) is 0.172. The lowest BCUT2D eigenvalue weighted by atomic mass is 10.0. The summed E-state index contributed by atoms with van der Waals surface area (Å²) in [6, 6.07) is 29.2. The smallest absolute Gasteiger partial charge is 0.340 e. The molecule has 4 nitrogen and oxygen atoms in total. The maximum absolute atomic E-state index is 13.5. The SMILES string of the molecule is Cc1ccc(Sc2c(Cc3c(Sc4ccc(Br)cc4)c4ccccc4oc3=O)c(=O)oc3ccccc23)cc1C. The van der Waals surface area contributed by atoms with Gasteiger partial charge in [-0.25, -0.2) is 9.59 Å². The molecule has 2 heterocycles. The molecule has 0 fully saturated rings. The Labute approximate surface area is 247 Å². The lowest BCUT2D eigenvalue weighted by molar-refractivity contribution is 0.536. The molecule has 0 aliphatic rings. The van der Waals surface area contributed by atoms with E-state index in [-0.39, 0.29) is 6.42 Å². The topological polar surface area (TPSA) is 60.4 Å². The summed E-state index contributed by atoms with van der Waals surface area (Å²) >= 11 is 6.50. The van der Waals surface area contributed by atoms with Crippen LogP contribution >= 0.6 is 39.5 Å². The van der Waals surface area contributed by atoms with E-state index in [4.69, 9.17) is 8.83 Å². The maximum Gasteiger partial charge on any atom is 0.340 e. The van der Waals surface area contributed by atoms with Gasteiger partial charge in [-0.15, -0.1) is 0 Å². The number of hydrogen-bond acceptors (Lipinski definition) is 6. The van der Waals surface area contributed by atoms with Gasteiger partial charge in [-0.2, -0.15) is 0 Å². The van der Waals surface area contributed by atoms with E-state index in [0.29, 0.717) is 22.3 Å². The zero-order valence-corrected chi connectivity index (χ0v) is 24.9. The summed E-state index contributed by atoms with van der Waals surface area (Å²) < 4.78 is 12.5. The Morgan fingerprint density at radius 2 is 1.12 bits per heavy atom. The third-order valence-electron chi connectivity index (χ3n) is 6.80. The van der Waals surface area contributed by atoms with Crippen LogP contribution in [-0.2, 0) is 6.42 Å². The Balaban J connectivity index is 1.55. The normalized spacial score (nSPS) is 11.4. The third-order valence-corrected chi connectivity index (χ3v) is 9.66. The van der Waals surface area contributed by atoms with E-state index in [0.717, 1.165) is 34.8 Å². The first-order valence-electron chi connectivity index (χ1n) is 12.7. The van der Waals surface area contributed by atoms with Crippen molar-refractivity contribution in [2.45, 2.75) is 39.9 Å². The van der Waals surface area contributed by atoms with Crippen molar-refractivity contribution in [1.29, 1.82) is 0 Å². The van der Waals surface area contributed by atoms with E-state index < -0.39 is 11.3 Å². The summed E-state index contributed by atoms with van der Waals surface area (Å²) in [5.41, 5.74) is 3.32. The average molecular weight is 628 g/mol. The van der Waals surface area contributed by atoms with Crippen molar-refractivity contribution in [3.8, 4) is 0 Å². The molecule has 0 N–H and O–H groups in total. The minimum Gasteiger partial charge on any atom is -0.422 e. The molecule has 7 heteroatoms. The molecular weight excluding hydrogens is 604 g/mol. The molecular formula is C33H23BrO4S2. The number of halogens is 1. The zero-order valence-electron chi connectivity index (χ0n) is 21.7. The largest absolute Gasteiger partial charge is 0.422 e. The number of fused-ring (bicyclic) bond motifs is 2. The molecule has 0 saturated heterocycles. The molecule has 0 aliphatic heterocycles. The second-order valence-corrected chi connectivity index (χ2v) is 12.6. The first kappa shape index (κ1) is 26.7. The maximum atomic E-state index is 13.5. The van der Waals surface area contributed by atoms with Crippen molar-refractivity contribution in [3.05, 3.63) is 139 Å². The van der Waals surface area contributed by atoms with Gasteiger partial charge in [-0.05, 0) is 73.5 Å². The van der Waals surface area contributed by atoms with Gasteiger partial charge in [0.05, 0.1) is 11.1 Å². The Morgan fingerprint density at radius 1 is 0.625 bits per heavy atom. The number of aryl methyl sites for hydroxylation is 2. The van der Waals surface area contributed by atoms with Crippen LogP contribution in [0.25, 0.3) is 21.9 Å². The summed E-state index contributed by atoms with van der Waals surface area (Å²) in [5.74, 6) is 0. The van der Waals surface area contributed by atoms with E-state index in [9.17, 15) is 9.59 Å². The van der Waals surface area contributed by atoms with Crippen molar-refractivity contribution in [2.75, 3.05) is 0 Å². The number of rotatable bonds is 6. The summed E-state index contributed by atoms with van der Waals surface area (Å²) in [6.45, 7) is 4.15. The van der Waals surface area contributed by atoms with Gasteiger partial charge in [0, 0.05) is 41.2 Å². The molecule has 0 amide bonds. The molecule has 0 atom stereocenters. The highest BCUT2D eigenvalue weighted by Crippen LogP contribution is 2.40. The van der Waals surface area contributed by atoms with Crippen LogP contribution in [0.4, 0.5) is 0 Å². The van der Waals surface area contributed by atoms with Crippen LogP contribution in [0.5, 0.6) is 0 Å². The van der Waals surface area contributed by atoms with Crippen LogP contribution in [0.1, 0.15) is 22.3 Å². The van der Waals surface area contributed by atoms with E-state index in [1.807, 2.05) is 60.7 Å². The Morgan fingerprint density at radius 3 is 1.68 bits per heavy atom. The van der Waals surface area contributed by atoms with Gasteiger partial charge < -0.3 is 8.83 Å². The molecule has 0 saturated carbocycles. The number of benzene rings is 4. The molecule has 0 unspecified atom stereocenters. The van der Waals surface area contributed by atoms with Crippen molar-refractivity contribution in [2.24, 2.45) is 0 Å². The number of hydrogen-bond donors (Lipinski definition) is 0. The average Bonchev–Trinajstić information content (AvgIpc) is 2.95. The van der Waals surface area contributed by atoms with E-state index >= 15 is 0 Å². The van der Waals surface area contributed by atoms with Crippen molar-refractivity contribution in [3.63, 3.8) is 0 Å². The zero-order chi connectivity index (χ0) is 27.8. The predicted molar refractivity (Wildman–Crippen MR) is 166 cm³/mol. The second-order valence-electron chi connectivity index (χ2n) is 9.47. The Bertz CT molecular complexity index is 2010. The molecule has 198 valence electrons. The molecule has 0 spiro atoms. The minimum absolute atomic E-state index is 0.0758. The first-order chi connectivity index (χ1) is 19.4. The van der Waals surface area contributed by atoms with Crippen LogP contribution in [0.2, 0.25) is 0 Å². The van der Waals surface area contributed by atoms with Crippen LogP contribution in [0, 0.1) is 13.8 Å². The molecule has 6 aromatic rings. The Hall–Kier alpha value is -3.52. The second kappa shape index (κ2) is 11.2. The van der Waals surface area contributed by atoms with Gasteiger partial charge >= 0.3 is 11.3 Å². The summed E-state index contributed by atoms with van der Waals surface area (Å²) in [6.07, 6.45) is 0.0758. The molecule has 0 radical (unpaired) electrons. The van der Waals surface area contributed by atoms with Gasteiger partial charge in [-0.3, -0.25) is 0 Å². The highest BCUT2D eigenvalue weighted by Gasteiger charge is 2.22. The van der Waals surface area contributed by atoms with Crippen LogP contribution in [-0.4, -0.2) is 0 Å². The molecule has 4 aromatic carbocycles. The van der Waals surface area contributed by atoms with Crippen LogP contribution in [0.15, 0.2) is 133 Å². The van der Waals surface area contributed by atoms with Crippen LogP contribution < -0.4 is 11.3 Å². The van der Waals surface area contributed by atoms with Gasteiger partial charge in [-0.1, -0.05) is 81.9 Å². The monoisotopic (exact) mass is 626 g/mol. The highest BCUT2D eigenvalue weighted by atomic mass is 79.9. The summed E-state index contributed by atoms with van der Waals surface area (Å²) in [4.78, 5) is 30.6. The fourth-order valence-electron chi connectivity index (χ4n) is 4.55. The van der Waals surface area contributed by atoms with Crippen molar-refractivity contribution >= 4 is 61.4 Å². The lowest BCUT2D eigenvalue weighted by Crippen LogP contribution is -2.16. The van der Waals surface area contributed by atoms with Crippen molar-refractivity contribution < 1.29 is 8.83 Å². The summed E-state index contributed by atoms with van der Waals surface area (Å²) in [5, 5.41) is 1.64. The summed E-state index contributed by atoms with van der Waals surface area (Å²) in [7, 11) is 0. The molecule has 0 bridgehead atoms. The van der Waals surface area contributed by atoms with E-state index in [2.05, 4.69) is 48.0 Å². The molecule has 40 heavy (non-hydrogen) atoms. The molecule has 0 aliphatic carbocycles. The first-order valence-corrected chi connectivity index (χ1v) is 15.1. The molecule has 2 aromatic heterocycles. The number of para-hydroxylation sites is 2. The van der Waals surface area contributed by atoms with Crippen LogP contribution in [0.3, 0.4) is 0 Å². The molecule has 6 rings (SSSR count). The van der Waals surface area contributed by atoms with Gasteiger partial charge in [0.15, 0.2) is 0 Å². The fraction of sp³-hybridized carbons (Fsp3) is 0.0909. The van der Waals surface area contributed by atoms with Gasteiger partial charge in [0.2, 0.25) is 0 Å².